The Bertz CT molecular complexity index is 436. The van der Waals surface area contributed by atoms with Crippen LogP contribution in [0, 0.1) is 0 Å². The number of carbonyl (C=O) groups is 2. The molecule has 0 saturated heterocycles. The summed E-state index contributed by atoms with van der Waals surface area (Å²) in [5.41, 5.74) is 0.891. The van der Waals surface area contributed by atoms with Crippen LogP contribution in [0.5, 0.6) is 0 Å². The van der Waals surface area contributed by atoms with Gasteiger partial charge in [-0.25, -0.2) is 0 Å². The van der Waals surface area contributed by atoms with Gasteiger partial charge in [0.05, 0.1) is 6.61 Å². The van der Waals surface area contributed by atoms with E-state index in [-0.39, 0.29) is 24.3 Å². The lowest BCUT2D eigenvalue weighted by atomic mass is 10.1. The van der Waals surface area contributed by atoms with Gasteiger partial charge in [0.15, 0.2) is 5.78 Å². The van der Waals surface area contributed by atoms with E-state index in [2.05, 4.69) is 4.98 Å². The minimum atomic E-state index is -0.171. The number of carbonyl (C=O) groups excluding carboxylic acids is 2. The van der Waals surface area contributed by atoms with Crippen LogP contribution in [0.4, 0.5) is 0 Å². The first-order chi connectivity index (χ1) is 9.04. The van der Waals surface area contributed by atoms with E-state index in [1.54, 1.807) is 17.2 Å². The van der Waals surface area contributed by atoms with Crippen molar-refractivity contribution in [2.45, 2.75) is 39.7 Å². The molecule has 5 nitrogen and oxygen atoms in total. The Labute approximate surface area is 113 Å². The van der Waals surface area contributed by atoms with Gasteiger partial charge in [-0.2, -0.15) is 0 Å². The molecule has 1 rings (SSSR count). The highest BCUT2D eigenvalue weighted by atomic mass is 16.3. The Morgan fingerprint density at radius 1 is 1.37 bits per heavy atom. The second-order valence-corrected chi connectivity index (χ2v) is 4.55. The van der Waals surface area contributed by atoms with Crippen LogP contribution in [0.25, 0.3) is 0 Å². The molecule has 0 unspecified atom stereocenters. The second kappa shape index (κ2) is 7.09. The summed E-state index contributed by atoms with van der Waals surface area (Å²) in [6, 6.07) is 1.67. The molecule has 106 valence electrons. The Balaban J connectivity index is 2.94. The van der Waals surface area contributed by atoms with Crippen molar-refractivity contribution in [3.8, 4) is 0 Å². The van der Waals surface area contributed by atoms with Gasteiger partial charge in [0.25, 0.3) is 5.91 Å². The first kappa shape index (κ1) is 15.4. The fourth-order valence-corrected chi connectivity index (χ4v) is 2.16. The first-order valence-corrected chi connectivity index (χ1v) is 6.66. The predicted molar refractivity (Wildman–Crippen MR) is 73.3 cm³/mol. The smallest absolute Gasteiger partial charge is 0.270 e. The van der Waals surface area contributed by atoms with Gasteiger partial charge in [-0.3, -0.25) is 9.59 Å². The quantitative estimate of drug-likeness (QED) is 0.740. The highest BCUT2D eigenvalue weighted by Gasteiger charge is 2.23. The number of aliphatic hydroxyl groups is 1. The number of aliphatic hydroxyl groups excluding tert-OH is 1. The summed E-state index contributed by atoms with van der Waals surface area (Å²) in [5.74, 6) is -0.248. The molecular formula is C14H22N2O3. The van der Waals surface area contributed by atoms with E-state index < -0.39 is 0 Å². The molecule has 0 saturated carbocycles. The zero-order valence-electron chi connectivity index (χ0n) is 11.8. The molecule has 2 N–H and O–H groups in total. The highest BCUT2D eigenvalue weighted by Crippen LogP contribution is 2.14. The van der Waals surface area contributed by atoms with Gasteiger partial charge in [0.2, 0.25) is 0 Å². The normalized spacial score (nSPS) is 10.8. The maximum Gasteiger partial charge on any atom is 0.270 e. The van der Waals surface area contributed by atoms with E-state index in [0.29, 0.717) is 17.8 Å². The predicted octanol–water partition coefficient (Wildman–Crippen LogP) is 1.84. The van der Waals surface area contributed by atoms with Crippen molar-refractivity contribution in [1.29, 1.82) is 0 Å². The number of hydrogen-bond donors (Lipinski definition) is 2. The average molecular weight is 266 g/mol. The number of ketones is 1. The van der Waals surface area contributed by atoms with E-state index in [0.717, 1.165) is 12.8 Å². The molecule has 5 heteroatoms. The number of Topliss-reactive ketones (excluding diaryl/α,β-unsaturated/α-hetero) is 1. The summed E-state index contributed by atoms with van der Waals surface area (Å²) in [4.78, 5) is 28.1. The van der Waals surface area contributed by atoms with Gasteiger partial charge >= 0.3 is 0 Å². The second-order valence-electron chi connectivity index (χ2n) is 4.55. The molecule has 0 aromatic carbocycles. The number of hydrogen-bond acceptors (Lipinski definition) is 3. The molecule has 19 heavy (non-hydrogen) atoms. The molecule has 0 aliphatic heterocycles. The third kappa shape index (κ3) is 3.67. The number of nitrogens with one attached hydrogen (secondary N) is 1. The van der Waals surface area contributed by atoms with Gasteiger partial charge in [0.1, 0.15) is 5.69 Å². The topological polar surface area (TPSA) is 73.4 Å². The van der Waals surface area contributed by atoms with Crippen molar-refractivity contribution in [3.05, 3.63) is 23.5 Å². The van der Waals surface area contributed by atoms with Crippen molar-refractivity contribution >= 4 is 11.7 Å². The molecular weight excluding hydrogens is 244 g/mol. The van der Waals surface area contributed by atoms with E-state index in [9.17, 15) is 9.59 Å². The Morgan fingerprint density at radius 2 is 2.00 bits per heavy atom. The Morgan fingerprint density at radius 3 is 2.42 bits per heavy atom. The molecule has 0 radical (unpaired) electrons. The monoisotopic (exact) mass is 266 g/mol. The van der Waals surface area contributed by atoms with Gasteiger partial charge < -0.3 is 15.0 Å². The first-order valence-electron chi connectivity index (χ1n) is 6.66. The molecule has 1 heterocycles. The standard InChI is InChI=1S/C14H22N2O3/c1-4-12(5-2)16(6-7-17)14(19)13-8-11(9-15-13)10(3)18/h8-9,12,15,17H,4-7H2,1-3H3. The fourth-order valence-electron chi connectivity index (χ4n) is 2.16. The summed E-state index contributed by atoms with van der Waals surface area (Å²) >= 11 is 0. The number of aromatic amines is 1. The molecule has 1 amide bonds. The molecule has 0 fully saturated rings. The van der Waals surface area contributed by atoms with Crippen LogP contribution in [0.1, 0.15) is 54.5 Å². The van der Waals surface area contributed by atoms with Crippen LogP contribution in [0.15, 0.2) is 12.3 Å². The minimum absolute atomic E-state index is 0.0670. The van der Waals surface area contributed by atoms with Crippen LogP contribution in [-0.4, -0.2) is 45.9 Å². The van der Waals surface area contributed by atoms with Crippen LogP contribution >= 0.6 is 0 Å². The zero-order chi connectivity index (χ0) is 14.4. The van der Waals surface area contributed by atoms with E-state index in [1.807, 2.05) is 13.8 Å². The van der Waals surface area contributed by atoms with E-state index in [4.69, 9.17) is 5.11 Å². The van der Waals surface area contributed by atoms with Gasteiger partial charge in [-0.15, -0.1) is 0 Å². The molecule has 0 atom stereocenters. The van der Waals surface area contributed by atoms with Crippen molar-refractivity contribution < 1.29 is 14.7 Å². The SMILES string of the molecule is CCC(CC)N(CCO)C(=O)c1cc(C(C)=O)c[nH]1. The van der Waals surface area contributed by atoms with Crippen LogP contribution < -0.4 is 0 Å². The van der Waals surface area contributed by atoms with Gasteiger partial charge in [-0.05, 0) is 25.8 Å². The van der Waals surface area contributed by atoms with Crippen LogP contribution in [0.3, 0.4) is 0 Å². The highest BCUT2D eigenvalue weighted by molar-refractivity contribution is 5.99. The van der Waals surface area contributed by atoms with E-state index >= 15 is 0 Å². The summed E-state index contributed by atoms with van der Waals surface area (Å²) < 4.78 is 0. The third-order valence-electron chi connectivity index (χ3n) is 3.30. The Hall–Kier alpha value is -1.62. The summed E-state index contributed by atoms with van der Waals surface area (Å²) in [6.07, 6.45) is 3.21. The molecule has 1 aromatic rings. The van der Waals surface area contributed by atoms with Gasteiger partial charge in [0, 0.05) is 24.3 Å². The lowest BCUT2D eigenvalue weighted by Crippen LogP contribution is -2.41. The van der Waals surface area contributed by atoms with Crippen molar-refractivity contribution in [3.63, 3.8) is 0 Å². The number of amides is 1. The molecule has 0 aliphatic carbocycles. The largest absolute Gasteiger partial charge is 0.395 e. The fraction of sp³-hybridized carbons (Fsp3) is 0.571. The maximum atomic E-state index is 12.4. The average Bonchev–Trinajstić information content (AvgIpc) is 2.88. The molecule has 0 bridgehead atoms. The molecule has 0 aliphatic rings. The molecule has 0 spiro atoms. The van der Waals surface area contributed by atoms with Crippen molar-refractivity contribution in [2.75, 3.05) is 13.2 Å². The number of nitrogens with zero attached hydrogens (tertiary/aromatic N) is 1. The molecule has 1 aromatic heterocycles. The van der Waals surface area contributed by atoms with Crippen LogP contribution in [-0.2, 0) is 0 Å². The lowest BCUT2D eigenvalue weighted by Gasteiger charge is -2.29. The van der Waals surface area contributed by atoms with Gasteiger partial charge in [-0.1, -0.05) is 13.8 Å². The van der Waals surface area contributed by atoms with Crippen LogP contribution in [0.2, 0.25) is 0 Å². The maximum absolute atomic E-state index is 12.4. The number of H-pyrrole nitrogens is 1. The minimum Gasteiger partial charge on any atom is -0.395 e. The number of aromatic nitrogens is 1. The summed E-state index contributed by atoms with van der Waals surface area (Å²) in [6.45, 7) is 5.73. The third-order valence-corrected chi connectivity index (χ3v) is 3.30. The summed E-state index contributed by atoms with van der Waals surface area (Å²) in [5, 5.41) is 9.11. The van der Waals surface area contributed by atoms with Crippen molar-refractivity contribution in [1.82, 2.24) is 9.88 Å². The van der Waals surface area contributed by atoms with E-state index in [1.165, 1.54) is 6.92 Å². The number of rotatable bonds is 7. The summed E-state index contributed by atoms with van der Waals surface area (Å²) in [7, 11) is 0. The lowest BCUT2D eigenvalue weighted by molar-refractivity contribution is 0.0617. The zero-order valence-corrected chi connectivity index (χ0v) is 11.8. The Kier molecular flexibility index (Phi) is 5.76. The van der Waals surface area contributed by atoms with Crippen molar-refractivity contribution in [2.24, 2.45) is 0 Å².